The zero-order valence-electron chi connectivity index (χ0n) is 11.0. The molecule has 104 valence electrons. The van der Waals surface area contributed by atoms with Gasteiger partial charge in [0, 0.05) is 25.6 Å². The van der Waals surface area contributed by atoms with Crippen LogP contribution >= 0.6 is 0 Å². The van der Waals surface area contributed by atoms with Crippen molar-refractivity contribution in [2.45, 2.75) is 31.5 Å². The monoisotopic (exact) mass is 259 g/mol. The predicted molar refractivity (Wildman–Crippen MR) is 65.3 cm³/mol. The molecule has 2 unspecified atom stereocenters. The molecular weight excluding hydrogens is 238 g/mol. The smallest absolute Gasteiger partial charge is 0.326 e. The van der Waals surface area contributed by atoms with Gasteiger partial charge in [-0.15, -0.1) is 0 Å². The first-order chi connectivity index (χ1) is 8.32. The van der Waals surface area contributed by atoms with Gasteiger partial charge in [-0.05, 0) is 21.0 Å². The number of nitrogens with zero attached hydrogens (tertiary/aromatic N) is 2. The summed E-state index contributed by atoms with van der Waals surface area (Å²) in [6, 6.07) is -1.22. The number of carboxylic acid groups (broad SMARTS) is 1. The maximum absolute atomic E-state index is 11.9. The number of aliphatic hydroxyl groups excluding tert-OH is 1. The fourth-order valence-electron chi connectivity index (χ4n) is 1.79. The fraction of sp³-hybridized carbons (Fsp3) is 0.818. The summed E-state index contributed by atoms with van der Waals surface area (Å²) in [6.07, 6.45) is -0.672. The van der Waals surface area contributed by atoms with Crippen molar-refractivity contribution in [3.8, 4) is 0 Å². The highest BCUT2D eigenvalue weighted by Gasteiger charge is 2.38. The highest BCUT2D eigenvalue weighted by Crippen LogP contribution is 2.18. The van der Waals surface area contributed by atoms with Crippen LogP contribution in [-0.2, 0) is 4.79 Å². The van der Waals surface area contributed by atoms with Crippen LogP contribution in [0.4, 0.5) is 4.79 Å². The van der Waals surface area contributed by atoms with Crippen LogP contribution in [0.5, 0.6) is 0 Å². The van der Waals surface area contributed by atoms with Crippen molar-refractivity contribution in [2.75, 3.05) is 27.2 Å². The number of carbonyl (C=O) groups excluding carboxylic acids is 1. The maximum atomic E-state index is 11.9. The van der Waals surface area contributed by atoms with Gasteiger partial charge in [0.2, 0.25) is 0 Å². The summed E-state index contributed by atoms with van der Waals surface area (Å²) >= 11 is 0. The predicted octanol–water partition coefficient (Wildman–Crippen LogP) is -0.834. The molecule has 18 heavy (non-hydrogen) atoms. The van der Waals surface area contributed by atoms with Gasteiger partial charge < -0.3 is 25.3 Å². The SMILES string of the molecule is CC(CNC(=O)N1CC(O)C[C@@H]1C(=O)O)N(C)C. The lowest BCUT2D eigenvalue weighted by Crippen LogP contribution is -2.49. The van der Waals surface area contributed by atoms with E-state index in [1.54, 1.807) is 0 Å². The van der Waals surface area contributed by atoms with Gasteiger partial charge in [-0.2, -0.15) is 0 Å². The maximum Gasteiger partial charge on any atom is 0.326 e. The molecule has 0 radical (unpaired) electrons. The molecule has 0 aromatic carbocycles. The van der Waals surface area contributed by atoms with Crippen molar-refractivity contribution in [3.63, 3.8) is 0 Å². The Morgan fingerprint density at radius 1 is 1.50 bits per heavy atom. The zero-order valence-corrected chi connectivity index (χ0v) is 11.0. The summed E-state index contributed by atoms with van der Waals surface area (Å²) in [7, 11) is 3.80. The van der Waals surface area contributed by atoms with E-state index in [2.05, 4.69) is 5.32 Å². The molecule has 7 nitrogen and oxygen atoms in total. The number of likely N-dealkylation sites (N-methyl/N-ethyl adjacent to an activating group) is 1. The Labute approximate surface area is 106 Å². The molecule has 0 spiro atoms. The van der Waals surface area contributed by atoms with Crippen LogP contribution < -0.4 is 5.32 Å². The van der Waals surface area contributed by atoms with E-state index in [4.69, 9.17) is 5.11 Å². The molecule has 1 heterocycles. The van der Waals surface area contributed by atoms with Gasteiger partial charge >= 0.3 is 12.0 Å². The molecule has 1 aliphatic rings. The summed E-state index contributed by atoms with van der Waals surface area (Å²) < 4.78 is 0. The van der Waals surface area contributed by atoms with E-state index in [9.17, 15) is 14.7 Å². The molecule has 0 aromatic heterocycles. The molecule has 0 aromatic rings. The Kier molecular flexibility index (Phi) is 4.92. The molecule has 7 heteroatoms. The Hall–Kier alpha value is -1.34. The number of aliphatic carboxylic acids is 1. The van der Waals surface area contributed by atoms with Crippen LogP contribution in [0, 0.1) is 0 Å². The molecule has 1 aliphatic heterocycles. The van der Waals surface area contributed by atoms with Crippen LogP contribution in [0.15, 0.2) is 0 Å². The van der Waals surface area contributed by atoms with Gasteiger partial charge in [0.15, 0.2) is 0 Å². The number of amides is 2. The lowest BCUT2D eigenvalue weighted by atomic mass is 10.2. The quantitative estimate of drug-likeness (QED) is 0.612. The summed E-state index contributed by atoms with van der Waals surface area (Å²) in [5, 5.41) is 21.1. The van der Waals surface area contributed by atoms with Crippen LogP contribution in [0.2, 0.25) is 0 Å². The van der Waals surface area contributed by atoms with Gasteiger partial charge in [-0.1, -0.05) is 0 Å². The molecule has 2 amide bonds. The van der Waals surface area contributed by atoms with Crippen molar-refractivity contribution in [3.05, 3.63) is 0 Å². The highest BCUT2D eigenvalue weighted by molar-refractivity contribution is 5.83. The second-order valence-electron chi connectivity index (χ2n) is 4.89. The van der Waals surface area contributed by atoms with E-state index in [-0.39, 0.29) is 19.0 Å². The molecular formula is C11H21N3O4. The number of carboxylic acids is 1. The van der Waals surface area contributed by atoms with E-state index in [0.717, 1.165) is 0 Å². The van der Waals surface area contributed by atoms with Gasteiger partial charge in [-0.25, -0.2) is 9.59 Å². The number of hydrogen-bond acceptors (Lipinski definition) is 4. The normalized spacial score (nSPS) is 25.3. The molecule has 3 N–H and O–H groups in total. The summed E-state index contributed by atoms with van der Waals surface area (Å²) in [4.78, 5) is 26.0. The highest BCUT2D eigenvalue weighted by atomic mass is 16.4. The number of carbonyl (C=O) groups is 2. The number of aliphatic hydroxyl groups is 1. The van der Waals surface area contributed by atoms with Gasteiger partial charge in [0.25, 0.3) is 0 Å². The first kappa shape index (κ1) is 14.7. The molecule has 1 rings (SSSR count). The average molecular weight is 259 g/mol. The van der Waals surface area contributed by atoms with E-state index < -0.39 is 24.1 Å². The minimum absolute atomic E-state index is 0.0686. The third-order valence-corrected chi connectivity index (χ3v) is 3.26. The Morgan fingerprint density at radius 2 is 2.11 bits per heavy atom. The number of β-amino-alcohol motifs (C(OH)–C–C–N with tert-alkyl or cyclic N) is 1. The third-order valence-electron chi connectivity index (χ3n) is 3.26. The van der Waals surface area contributed by atoms with E-state index in [0.29, 0.717) is 6.54 Å². The summed E-state index contributed by atoms with van der Waals surface area (Å²) in [6.45, 7) is 2.46. The van der Waals surface area contributed by atoms with Crippen LogP contribution in [0.25, 0.3) is 0 Å². The largest absolute Gasteiger partial charge is 0.480 e. The summed E-state index contributed by atoms with van der Waals surface area (Å²) in [5.41, 5.74) is 0. The first-order valence-corrected chi connectivity index (χ1v) is 5.94. The second-order valence-corrected chi connectivity index (χ2v) is 4.89. The number of urea groups is 1. The summed E-state index contributed by atoms with van der Waals surface area (Å²) in [5.74, 6) is -1.08. The standard InChI is InChI=1S/C11H21N3O4/c1-7(13(2)3)5-12-11(18)14-6-8(15)4-9(14)10(16)17/h7-9,15H,4-6H2,1-3H3,(H,12,18)(H,16,17)/t7?,8?,9-/m1/s1. The topological polar surface area (TPSA) is 93.1 Å². The van der Waals surface area contributed by atoms with E-state index >= 15 is 0 Å². The van der Waals surface area contributed by atoms with Crippen LogP contribution in [-0.4, -0.2) is 77.4 Å². The van der Waals surface area contributed by atoms with E-state index in [1.807, 2.05) is 25.9 Å². The number of rotatable bonds is 4. The lowest BCUT2D eigenvalue weighted by molar-refractivity contribution is -0.141. The molecule has 1 saturated heterocycles. The minimum atomic E-state index is -1.08. The Bertz CT molecular complexity index is 321. The van der Waals surface area contributed by atoms with Crippen LogP contribution in [0.1, 0.15) is 13.3 Å². The number of nitrogens with one attached hydrogen (secondary N) is 1. The molecule has 1 fully saturated rings. The molecule has 0 aliphatic carbocycles. The molecule has 3 atom stereocenters. The Morgan fingerprint density at radius 3 is 2.61 bits per heavy atom. The van der Waals surface area contributed by atoms with Crippen molar-refractivity contribution < 1.29 is 19.8 Å². The average Bonchev–Trinajstić information content (AvgIpc) is 2.67. The zero-order chi connectivity index (χ0) is 13.9. The van der Waals surface area contributed by atoms with Crippen molar-refractivity contribution in [1.29, 1.82) is 0 Å². The molecule has 0 bridgehead atoms. The van der Waals surface area contributed by atoms with Crippen molar-refractivity contribution in [2.24, 2.45) is 0 Å². The molecule has 0 saturated carbocycles. The Balaban J connectivity index is 2.52. The van der Waals surface area contributed by atoms with Gasteiger partial charge in [0.1, 0.15) is 6.04 Å². The third kappa shape index (κ3) is 3.58. The van der Waals surface area contributed by atoms with Crippen LogP contribution in [0.3, 0.4) is 0 Å². The first-order valence-electron chi connectivity index (χ1n) is 5.94. The number of hydrogen-bond donors (Lipinski definition) is 3. The number of likely N-dealkylation sites (tertiary alicyclic amines) is 1. The van der Waals surface area contributed by atoms with Crippen molar-refractivity contribution >= 4 is 12.0 Å². The minimum Gasteiger partial charge on any atom is -0.480 e. The van der Waals surface area contributed by atoms with Crippen molar-refractivity contribution in [1.82, 2.24) is 15.1 Å². The van der Waals surface area contributed by atoms with Gasteiger partial charge in [-0.3, -0.25) is 0 Å². The lowest BCUT2D eigenvalue weighted by Gasteiger charge is -2.24. The fourth-order valence-corrected chi connectivity index (χ4v) is 1.79. The second kappa shape index (κ2) is 6.01. The van der Waals surface area contributed by atoms with E-state index in [1.165, 1.54) is 4.90 Å². The van der Waals surface area contributed by atoms with Gasteiger partial charge in [0.05, 0.1) is 6.10 Å².